The molecule has 5 rings (SSSR count). The summed E-state index contributed by atoms with van der Waals surface area (Å²) in [6, 6.07) is 24.1. The summed E-state index contributed by atoms with van der Waals surface area (Å²) in [4.78, 5) is 7.00. The summed E-state index contributed by atoms with van der Waals surface area (Å²) in [6.07, 6.45) is 1.53. The van der Waals surface area contributed by atoms with E-state index in [9.17, 15) is 9.65 Å². The zero-order valence-corrected chi connectivity index (χ0v) is 19.8. The highest BCUT2D eigenvalue weighted by molar-refractivity contribution is 6.30. The first kappa shape index (κ1) is 22.9. The third kappa shape index (κ3) is 5.16. The fourth-order valence-electron chi connectivity index (χ4n) is 4.47. The van der Waals surface area contributed by atoms with Crippen LogP contribution in [0, 0.1) is 17.1 Å². The normalized spacial score (nSPS) is 14.0. The van der Waals surface area contributed by atoms with Gasteiger partial charge in [-0.05, 0) is 35.9 Å². The topological polar surface area (TPSA) is 61.2 Å². The van der Waals surface area contributed by atoms with Crippen LogP contribution in [0.5, 0.6) is 5.75 Å². The van der Waals surface area contributed by atoms with Gasteiger partial charge in [0.15, 0.2) is 0 Å². The number of hydrogen-bond acceptors (Lipinski definition) is 5. The Labute approximate surface area is 208 Å². The minimum absolute atomic E-state index is 0.00538. The van der Waals surface area contributed by atoms with E-state index in [0.29, 0.717) is 28.7 Å². The molecule has 0 saturated carbocycles. The van der Waals surface area contributed by atoms with E-state index >= 15 is 0 Å². The Morgan fingerprint density at radius 1 is 1.06 bits per heavy atom. The largest absolute Gasteiger partial charge is 0.490 e. The summed E-state index contributed by atoms with van der Waals surface area (Å²) in [5.74, 6) is 0.805. The molecule has 1 fully saturated rings. The molecule has 3 aromatic carbocycles. The molecule has 0 bridgehead atoms. The van der Waals surface area contributed by atoms with Gasteiger partial charge in [-0.15, -0.1) is 0 Å². The molecular formula is C28H24ClFN4O. The van der Waals surface area contributed by atoms with Gasteiger partial charge in [0.05, 0.1) is 11.2 Å². The van der Waals surface area contributed by atoms with Gasteiger partial charge >= 0.3 is 0 Å². The Bertz CT molecular complexity index is 1380. The highest BCUT2D eigenvalue weighted by atomic mass is 35.5. The number of pyridine rings is 1. The molecule has 5 nitrogen and oxygen atoms in total. The lowest BCUT2D eigenvalue weighted by atomic mass is 10.0. The van der Waals surface area contributed by atoms with Crippen molar-refractivity contribution in [2.45, 2.75) is 25.5 Å². The van der Waals surface area contributed by atoms with E-state index in [0.717, 1.165) is 48.1 Å². The quantitative estimate of drug-likeness (QED) is 0.334. The van der Waals surface area contributed by atoms with Crippen LogP contribution in [0.3, 0.4) is 0 Å². The number of benzene rings is 3. The molecule has 1 aliphatic rings. The van der Waals surface area contributed by atoms with Crippen molar-refractivity contribution in [2.24, 2.45) is 0 Å². The van der Waals surface area contributed by atoms with Crippen molar-refractivity contribution >= 4 is 34.0 Å². The number of rotatable bonds is 6. The first-order valence-corrected chi connectivity index (χ1v) is 12.0. The molecule has 0 amide bonds. The number of nitrogens with one attached hydrogen (secondary N) is 1. The van der Waals surface area contributed by atoms with Crippen molar-refractivity contribution < 1.29 is 9.13 Å². The van der Waals surface area contributed by atoms with Crippen LogP contribution in [-0.4, -0.2) is 24.2 Å². The van der Waals surface area contributed by atoms with E-state index in [4.69, 9.17) is 21.3 Å². The number of anilines is 2. The summed E-state index contributed by atoms with van der Waals surface area (Å²) < 4.78 is 19.5. The number of hydrogen-bond donors (Lipinski definition) is 1. The Morgan fingerprint density at radius 2 is 1.83 bits per heavy atom. The molecule has 0 aliphatic carbocycles. The van der Waals surface area contributed by atoms with E-state index in [-0.39, 0.29) is 11.9 Å². The first-order valence-electron chi connectivity index (χ1n) is 11.6. The fraction of sp³-hybridized carbons (Fsp3) is 0.214. The highest BCUT2D eigenvalue weighted by Gasteiger charge is 2.26. The predicted molar refractivity (Wildman–Crippen MR) is 137 cm³/mol. The number of nitrogens with zero attached hydrogens (tertiary/aromatic N) is 3. The molecule has 0 spiro atoms. The van der Waals surface area contributed by atoms with Gasteiger partial charge in [0.1, 0.15) is 35.1 Å². The van der Waals surface area contributed by atoms with Crippen molar-refractivity contribution in [3.63, 3.8) is 0 Å². The zero-order valence-electron chi connectivity index (χ0n) is 19.0. The van der Waals surface area contributed by atoms with Crippen LogP contribution in [0.4, 0.5) is 15.9 Å². The van der Waals surface area contributed by atoms with E-state index in [2.05, 4.69) is 16.3 Å². The molecule has 7 heteroatoms. The summed E-state index contributed by atoms with van der Waals surface area (Å²) >= 11 is 6.00. The van der Waals surface area contributed by atoms with Crippen molar-refractivity contribution in [1.29, 1.82) is 5.26 Å². The van der Waals surface area contributed by atoms with Gasteiger partial charge in [-0.3, -0.25) is 0 Å². The standard InChI is InChI=1S/C28H24ClFN4O/c29-20-10-8-19(9-11-20)18-32-28-25(17-31)27(24-6-1-2-7-26(24)33-28)34-14-12-22(13-15-34)35-23-5-3-4-21(30)16-23/h1-11,16,22H,12-15,18H2,(H,32,33). The van der Waals surface area contributed by atoms with Crippen molar-refractivity contribution in [3.8, 4) is 11.8 Å². The number of para-hydroxylation sites is 1. The number of fused-ring (bicyclic) bond motifs is 1. The van der Waals surface area contributed by atoms with Crippen molar-refractivity contribution in [3.05, 3.63) is 94.8 Å². The van der Waals surface area contributed by atoms with Crippen LogP contribution >= 0.6 is 11.6 Å². The van der Waals surface area contributed by atoms with Gasteiger partial charge in [-0.2, -0.15) is 5.26 Å². The van der Waals surface area contributed by atoms with Crippen LogP contribution in [0.15, 0.2) is 72.8 Å². The second kappa shape index (κ2) is 10.2. The van der Waals surface area contributed by atoms with E-state index in [1.165, 1.54) is 12.1 Å². The first-order chi connectivity index (χ1) is 17.1. The molecule has 4 aromatic rings. The number of piperidine rings is 1. The summed E-state index contributed by atoms with van der Waals surface area (Å²) in [6.45, 7) is 1.97. The van der Waals surface area contributed by atoms with Gasteiger partial charge in [0.25, 0.3) is 0 Å². The number of halogens is 2. The Morgan fingerprint density at radius 3 is 2.57 bits per heavy atom. The highest BCUT2D eigenvalue weighted by Crippen LogP contribution is 2.36. The molecule has 1 saturated heterocycles. The lowest BCUT2D eigenvalue weighted by Crippen LogP contribution is -2.39. The van der Waals surface area contributed by atoms with Gasteiger partial charge in [0, 0.05) is 49.0 Å². The molecular weight excluding hydrogens is 463 g/mol. The second-order valence-corrected chi connectivity index (χ2v) is 8.99. The molecule has 176 valence electrons. The molecule has 35 heavy (non-hydrogen) atoms. The van der Waals surface area contributed by atoms with E-state index in [1.807, 2.05) is 48.5 Å². The SMILES string of the molecule is N#Cc1c(NCc2ccc(Cl)cc2)nc2ccccc2c1N1CCC(Oc2cccc(F)c2)CC1. The number of ether oxygens (including phenoxy) is 1. The Hall–Kier alpha value is -3.82. The second-order valence-electron chi connectivity index (χ2n) is 8.55. The van der Waals surface area contributed by atoms with Crippen molar-refractivity contribution in [1.82, 2.24) is 4.98 Å². The maximum Gasteiger partial charge on any atom is 0.147 e. The minimum Gasteiger partial charge on any atom is -0.490 e. The van der Waals surface area contributed by atoms with E-state index < -0.39 is 0 Å². The van der Waals surface area contributed by atoms with E-state index in [1.54, 1.807) is 12.1 Å². The van der Waals surface area contributed by atoms with Crippen molar-refractivity contribution in [2.75, 3.05) is 23.3 Å². The smallest absolute Gasteiger partial charge is 0.147 e. The Balaban J connectivity index is 1.40. The van der Waals surface area contributed by atoms with Crippen LogP contribution in [0.25, 0.3) is 10.9 Å². The summed E-state index contributed by atoms with van der Waals surface area (Å²) in [7, 11) is 0. The monoisotopic (exact) mass is 486 g/mol. The van der Waals surface area contributed by atoms with Crippen LogP contribution in [0.1, 0.15) is 24.0 Å². The molecule has 0 atom stereocenters. The molecule has 2 heterocycles. The molecule has 0 radical (unpaired) electrons. The number of aromatic nitrogens is 1. The van der Waals surface area contributed by atoms with Gasteiger partial charge < -0.3 is 15.0 Å². The Kier molecular flexibility index (Phi) is 6.69. The van der Waals surface area contributed by atoms with Gasteiger partial charge in [-0.1, -0.05) is 48.0 Å². The van der Waals surface area contributed by atoms with Crippen LogP contribution in [-0.2, 0) is 6.54 Å². The third-order valence-corrected chi connectivity index (χ3v) is 6.46. The minimum atomic E-state index is -0.305. The molecule has 1 aliphatic heterocycles. The predicted octanol–water partition coefficient (Wildman–Crippen LogP) is 6.56. The number of nitriles is 1. The average molecular weight is 487 g/mol. The lowest BCUT2D eigenvalue weighted by Gasteiger charge is -2.35. The fourth-order valence-corrected chi connectivity index (χ4v) is 4.60. The molecule has 1 aromatic heterocycles. The third-order valence-electron chi connectivity index (χ3n) is 6.21. The lowest BCUT2D eigenvalue weighted by molar-refractivity contribution is 0.170. The summed E-state index contributed by atoms with van der Waals surface area (Å²) in [5.41, 5.74) is 3.30. The maximum absolute atomic E-state index is 13.5. The van der Waals surface area contributed by atoms with Gasteiger partial charge in [0.2, 0.25) is 0 Å². The molecule has 0 unspecified atom stereocenters. The van der Waals surface area contributed by atoms with Gasteiger partial charge in [-0.25, -0.2) is 9.37 Å². The maximum atomic E-state index is 13.5. The molecule has 1 N–H and O–H groups in total. The summed E-state index contributed by atoms with van der Waals surface area (Å²) in [5, 5.41) is 15.1. The van der Waals surface area contributed by atoms with Crippen LogP contribution in [0.2, 0.25) is 5.02 Å². The average Bonchev–Trinajstić information content (AvgIpc) is 2.88. The zero-order chi connectivity index (χ0) is 24.2. The van der Waals surface area contributed by atoms with Crippen LogP contribution < -0.4 is 15.0 Å².